The molecular formula is C13H12N4. The van der Waals surface area contributed by atoms with Crippen LogP contribution in [0, 0.1) is 6.92 Å². The number of fused-ring (bicyclic) bond motifs is 1. The van der Waals surface area contributed by atoms with Gasteiger partial charge in [-0.1, -0.05) is 29.8 Å². The lowest BCUT2D eigenvalue weighted by Crippen LogP contribution is -1.90. The maximum atomic E-state index is 5.62. The minimum Gasteiger partial charge on any atom is -0.366 e. The highest BCUT2D eigenvalue weighted by Gasteiger charge is 2.07. The van der Waals surface area contributed by atoms with Gasteiger partial charge in [0.05, 0.1) is 0 Å². The van der Waals surface area contributed by atoms with Crippen molar-refractivity contribution >= 4 is 11.6 Å². The molecule has 0 aliphatic rings. The molecular weight excluding hydrogens is 212 g/mol. The Balaban J connectivity index is 2.26. The molecule has 3 rings (SSSR count). The van der Waals surface area contributed by atoms with Gasteiger partial charge >= 0.3 is 0 Å². The minimum atomic E-state index is 0.296. The predicted octanol–water partition coefficient (Wildman–Crippen LogP) is 2.29. The molecule has 0 fully saturated rings. The van der Waals surface area contributed by atoms with Crippen molar-refractivity contribution in [2.45, 2.75) is 6.92 Å². The highest BCUT2D eigenvalue weighted by molar-refractivity contribution is 5.77. The number of hydrogen-bond acceptors (Lipinski definition) is 3. The van der Waals surface area contributed by atoms with Crippen LogP contribution in [0.2, 0.25) is 0 Å². The van der Waals surface area contributed by atoms with Gasteiger partial charge in [-0.25, -0.2) is 4.52 Å². The molecule has 0 saturated heterocycles. The summed E-state index contributed by atoms with van der Waals surface area (Å²) in [5.41, 5.74) is 9.80. The van der Waals surface area contributed by atoms with Crippen LogP contribution in [0.3, 0.4) is 0 Å². The SMILES string of the molecule is Cc1ccc(-c2cccn3nc(N)nc23)cc1. The highest BCUT2D eigenvalue weighted by Crippen LogP contribution is 2.23. The first-order valence-corrected chi connectivity index (χ1v) is 5.42. The third kappa shape index (κ3) is 1.63. The molecule has 0 aliphatic heterocycles. The lowest BCUT2D eigenvalue weighted by molar-refractivity contribution is 0.969. The van der Waals surface area contributed by atoms with E-state index in [0.717, 1.165) is 16.8 Å². The second kappa shape index (κ2) is 3.59. The molecule has 2 aromatic heterocycles. The van der Waals surface area contributed by atoms with Gasteiger partial charge in [0.25, 0.3) is 0 Å². The van der Waals surface area contributed by atoms with Crippen LogP contribution in [-0.4, -0.2) is 14.6 Å². The average Bonchev–Trinajstić information content (AvgIpc) is 2.70. The monoisotopic (exact) mass is 224 g/mol. The molecule has 4 heteroatoms. The van der Waals surface area contributed by atoms with Crippen LogP contribution < -0.4 is 5.73 Å². The zero-order chi connectivity index (χ0) is 11.8. The maximum absolute atomic E-state index is 5.62. The number of hydrogen-bond donors (Lipinski definition) is 1. The number of anilines is 1. The van der Waals surface area contributed by atoms with Gasteiger partial charge in [-0.2, -0.15) is 4.98 Å². The van der Waals surface area contributed by atoms with Crippen LogP contribution in [0.4, 0.5) is 5.95 Å². The van der Waals surface area contributed by atoms with E-state index in [1.807, 2.05) is 18.3 Å². The summed E-state index contributed by atoms with van der Waals surface area (Å²) < 4.78 is 1.70. The number of nitrogens with zero attached hydrogens (tertiary/aromatic N) is 3. The molecule has 0 saturated carbocycles. The van der Waals surface area contributed by atoms with E-state index in [-0.39, 0.29) is 0 Å². The fraction of sp³-hybridized carbons (Fsp3) is 0.0769. The molecule has 1 aromatic carbocycles. The van der Waals surface area contributed by atoms with E-state index >= 15 is 0 Å². The molecule has 0 atom stereocenters. The Hall–Kier alpha value is -2.36. The smallest absolute Gasteiger partial charge is 0.240 e. The molecule has 17 heavy (non-hydrogen) atoms. The van der Waals surface area contributed by atoms with Gasteiger partial charge in [-0.15, -0.1) is 5.10 Å². The number of rotatable bonds is 1. The Labute approximate surface area is 98.7 Å². The molecule has 0 aliphatic carbocycles. The molecule has 0 unspecified atom stereocenters. The van der Waals surface area contributed by atoms with Gasteiger partial charge in [0.2, 0.25) is 5.95 Å². The van der Waals surface area contributed by atoms with Crippen molar-refractivity contribution in [3.05, 3.63) is 48.2 Å². The Bertz CT molecular complexity index is 667. The second-order valence-corrected chi connectivity index (χ2v) is 4.03. The summed E-state index contributed by atoms with van der Waals surface area (Å²) in [5.74, 6) is 0.296. The first kappa shape index (κ1) is 9.84. The fourth-order valence-electron chi connectivity index (χ4n) is 1.88. The molecule has 0 bridgehead atoms. The highest BCUT2D eigenvalue weighted by atomic mass is 15.3. The maximum Gasteiger partial charge on any atom is 0.240 e. The van der Waals surface area contributed by atoms with Crippen molar-refractivity contribution < 1.29 is 0 Å². The van der Waals surface area contributed by atoms with Crippen LogP contribution in [-0.2, 0) is 0 Å². The average molecular weight is 224 g/mol. The van der Waals surface area contributed by atoms with Crippen molar-refractivity contribution in [3.63, 3.8) is 0 Å². The van der Waals surface area contributed by atoms with Gasteiger partial charge < -0.3 is 5.73 Å². The van der Waals surface area contributed by atoms with Crippen LogP contribution in [0.15, 0.2) is 42.6 Å². The summed E-state index contributed by atoms with van der Waals surface area (Å²) in [6.45, 7) is 2.07. The van der Waals surface area contributed by atoms with Crippen LogP contribution in [0.1, 0.15) is 5.56 Å². The lowest BCUT2D eigenvalue weighted by atomic mass is 10.1. The normalized spacial score (nSPS) is 10.9. The van der Waals surface area contributed by atoms with Gasteiger partial charge in [0.1, 0.15) is 0 Å². The van der Waals surface area contributed by atoms with Gasteiger partial charge in [-0.3, -0.25) is 0 Å². The van der Waals surface area contributed by atoms with Crippen molar-refractivity contribution in [1.29, 1.82) is 0 Å². The number of nitrogen functional groups attached to an aromatic ring is 1. The first-order valence-electron chi connectivity index (χ1n) is 5.42. The fourth-order valence-corrected chi connectivity index (χ4v) is 1.88. The number of aryl methyl sites for hydroxylation is 1. The first-order chi connectivity index (χ1) is 8.24. The largest absolute Gasteiger partial charge is 0.366 e. The number of benzene rings is 1. The Morgan fingerprint density at radius 2 is 1.88 bits per heavy atom. The summed E-state index contributed by atoms with van der Waals surface area (Å²) >= 11 is 0. The minimum absolute atomic E-state index is 0.296. The van der Waals surface area contributed by atoms with E-state index in [2.05, 4.69) is 41.3 Å². The zero-order valence-electron chi connectivity index (χ0n) is 9.46. The summed E-state index contributed by atoms with van der Waals surface area (Å²) in [6, 6.07) is 12.3. The van der Waals surface area contributed by atoms with E-state index in [1.54, 1.807) is 4.52 Å². The molecule has 2 heterocycles. The van der Waals surface area contributed by atoms with Crippen LogP contribution in [0.25, 0.3) is 16.8 Å². The molecule has 0 radical (unpaired) electrons. The summed E-state index contributed by atoms with van der Waals surface area (Å²) in [6.07, 6.45) is 1.84. The van der Waals surface area contributed by atoms with Crippen molar-refractivity contribution in [2.75, 3.05) is 5.73 Å². The van der Waals surface area contributed by atoms with E-state index < -0.39 is 0 Å². The molecule has 0 amide bonds. The lowest BCUT2D eigenvalue weighted by Gasteiger charge is -2.03. The Morgan fingerprint density at radius 1 is 1.12 bits per heavy atom. The van der Waals surface area contributed by atoms with Crippen molar-refractivity contribution in [3.8, 4) is 11.1 Å². The number of aromatic nitrogens is 3. The van der Waals surface area contributed by atoms with Gasteiger partial charge in [0.15, 0.2) is 5.65 Å². The third-order valence-corrected chi connectivity index (χ3v) is 2.74. The van der Waals surface area contributed by atoms with Gasteiger partial charge in [-0.05, 0) is 24.6 Å². The predicted molar refractivity (Wildman–Crippen MR) is 67.6 cm³/mol. The Kier molecular flexibility index (Phi) is 2.08. The van der Waals surface area contributed by atoms with Crippen LogP contribution >= 0.6 is 0 Å². The van der Waals surface area contributed by atoms with Gasteiger partial charge in [0, 0.05) is 11.8 Å². The third-order valence-electron chi connectivity index (χ3n) is 2.74. The van der Waals surface area contributed by atoms with Crippen molar-refractivity contribution in [2.24, 2.45) is 0 Å². The van der Waals surface area contributed by atoms with E-state index in [9.17, 15) is 0 Å². The standard InChI is InChI=1S/C13H12N4/c1-9-4-6-10(7-5-9)11-3-2-8-17-12(11)15-13(14)16-17/h2-8H,1H3,(H2,14,16). The Morgan fingerprint density at radius 3 is 2.65 bits per heavy atom. The molecule has 0 spiro atoms. The van der Waals surface area contributed by atoms with Crippen LogP contribution in [0.5, 0.6) is 0 Å². The van der Waals surface area contributed by atoms with Crippen molar-refractivity contribution in [1.82, 2.24) is 14.6 Å². The molecule has 4 nitrogen and oxygen atoms in total. The topological polar surface area (TPSA) is 56.2 Å². The summed E-state index contributed by atoms with van der Waals surface area (Å²) in [4.78, 5) is 4.24. The summed E-state index contributed by atoms with van der Waals surface area (Å²) in [5, 5.41) is 4.10. The van der Waals surface area contributed by atoms with E-state index in [0.29, 0.717) is 5.95 Å². The zero-order valence-corrected chi connectivity index (χ0v) is 9.46. The quantitative estimate of drug-likeness (QED) is 0.690. The number of nitrogens with two attached hydrogens (primary N) is 1. The molecule has 2 N–H and O–H groups in total. The van der Waals surface area contributed by atoms with E-state index in [1.165, 1.54) is 5.56 Å². The molecule has 3 aromatic rings. The molecule has 84 valence electrons. The van der Waals surface area contributed by atoms with E-state index in [4.69, 9.17) is 5.73 Å². The second-order valence-electron chi connectivity index (χ2n) is 4.03. The summed E-state index contributed by atoms with van der Waals surface area (Å²) in [7, 11) is 0. The number of pyridine rings is 1.